The highest BCUT2D eigenvalue weighted by atomic mass is 16.6. The Bertz CT molecular complexity index is 433. The maximum absolute atomic E-state index is 11.9. The molecule has 1 atom stereocenters. The molecule has 1 aliphatic heterocycles. The summed E-state index contributed by atoms with van der Waals surface area (Å²) in [6.45, 7) is 0.860. The summed E-state index contributed by atoms with van der Waals surface area (Å²) in [6.07, 6.45) is 1.22. The Morgan fingerprint density at radius 1 is 1.44 bits per heavy atom. The molecule has 0 saturated carbocycles. The van der Waals surface area contributed by atoms with Crippen molar-refractivity contribution < 1.29 is 9.53 Å². The van der Waals surface area contributed by atoms with E-state index in [0.717, 1.165) is 18.4 Å². The van der Waals surface area contributed by atoms with Crippen molar-refractivity contribution in [3.8, 4) is 0 Å². The molecule has 1 fully saturated rings. The first-order valence-corrected chi connectivity index (χ1v) is 5.99. The molecule has 18 heavy (non-hydrogen) atoms. The number of nitrogens with one attached hydrogen (secondary N) is 1. The molecular weight excluding hydrogens is 230 g/mol. The number of carbonyl (C=O) groups excluding carboxylic acids is 1. The van der Waals surface area contributed by atoms with E-state index in [1.165, 1.54) is 4.90 Å². The van der Waals surface area contributed by atoms with Crippen molar-refractivity contribution in [1.82, 2.24) is 4.90 Å². The van der Waals surface area contributed by atoms with Gasteiger partial charge in [0.25, 0.3) is 0 Å². The minimum Gasteiger partial charge on any atom is -0.445 e. The minimum absolute atomic E-state index is 0.0316. The Kier molecular flexibility index (Phi) is 3.82. The van der Waals surface area contributed by atoms with Crippen LogP contribution in [-0.4, -0.2) is 29.4 Å². The van der Waals surface area contributed by atoms with Gasteiger partial charge in [-0.3, -0.25) is 10.3 Å². The summed E-state index contributed by atoms with van der Waals surface area (Å²) in [4.78, 5) is 13.4. The van der Waals surface area contributed by atoms with E-state index in [9.17, 15) is 4.79 Å². The molecule has 1 aromatic rings. The fraction of sp³-hybridized carbons (Fsp3) is 0.385. The topological polar surface area (TPSA) is 79.4 Å². The van der Waals surface area contributed by atoms with Crippen molar-refractivity contribution in [1.29, 1.82) is 5.41 Å². The zero-order chi connectivity index (χ0) is 13.0. The van der Waals surface area contributed by atoms with Gasteiger partial charge in [-0.15, -0.1) is 0 Å². The predicted molar refractivity (Wildman–Crippen MR) is 68.3 cm³/mol. The van der Waals surface area contributed by atoms with E-state index in [-0.39, 0.29) is 18.5 Å². The van der Waals surface area contributed by atoms with E-state index in [2.05, 4.69) is 0 Å². The van der Waals surface area contributed by atoms with Gasteiger partial charge in [-0.1, -0.05) is 30.3 Å². The van der Waals surface area contributed by atoms with Crippen LogP contribution in [0.2, 0.25) is 0 Å². The van der Waals surface area contributed by atoms with Gasteiger partial charge < -0.3 is 10.5 Å². The molecule has 1 unspecified atom stereocenters. The van der Waals surface area contributed by atoms with Crippen LogP contribution in [-0.2, 0) is 11.3 Å². The number of carbonyl (C=O) groups is 1. The second kappa shape index (κ2) is 5.53. The number of benzene rings is 1. The van der Waals surface area contributed by atoms with E-state index >= 15 is 0 Å². The Balaban J connectivity index is 1.90. The third-order valence-electron chi connectivity index (χ3n) is 3.05. The van der Waals surface area contributed by atoms with Crippen molar-refractivity contribution >= 4 is 11.9 Å². The summed E-state index contributed by atoms with van der Waals surface area (Å²) in [5, 5.41) is 7.44. The molecule has 3 N–H and O–H groups in total. The van der Waals surface area contributed by atoms with E-state index in [1.807, 2.05) is 30.3 Å². The van der Waals surface area contributed by atoms with E-state index in [0.29, 0.717) is 6.54 Å². The van der Waals surface area contributed by atoms with Gasteiger partial charge in [0.1, 0.15) is 12.4 Å². The molecule has 5 nitrogen and oxygen atoms in total. The summed E-state index contributed by atoms with van der Waals surface area (Å²) in [5.41, 5.74) is 6.42. The number of nitrogens with zero attached hydrogens (tertiary/aromatic N) is 1. The first-order valence-electron chi connectivity index (χ1n) is 5.99. The number of ether oxygens (including phenoxy) is 1. The third-order valence-corrected chi connectivity index (χ3v) is 3.05. The molecular formula is C13H17N3O2. The first kappa shape index (κ1) is 12.4. The summed E-state index contributed by atoms with van der Waals surface area (Å²) >= 11 is 0. The molecule has 1 aliphatic rings. The second-order valence-corrected chi connectivity index (χ2v) is 4.35. The molecule has 0 aliphatic carbocycles. The van der Waals surface area contributed by atoms with Crippen LogP contribution in [0.4, 0.5) is 4.79 Å². The lowest BCUT2D eigenvalue weighted by molar-refractivity contribution is 0.0991. The van der Waals surface area contributed by atoms with Crippen LogP contribution in [0.25, 0.3) is 0 Å². The molecule has 1 amide bonds. The molecule has 1 saturated heterocycles. The van der Waals surface area contributed by atoms with Crippen molar-refractivity contribution in [2.75, 3.05) is 6.54 Å². The van der Waals surface area contributed by atoms with Crippen molar-refractivity contribution in [2.24, 2.45) is 5.73 Å². The van der Waals surface area contributed by atoms with Gasteiger partial charge in [0, 0.05) is 6.54 Å². The van der Waals surface area contributed by atoms with Gasteiger partial charge >= 0.3 is 6.09 Å². The average Bonchev–Trinajstić information content (AvgIpc) is 2.86. The van der Waals surface area contributed by atoms with Gasteiger partial charge in [-0.2, -0.15) is 0 Å². The number of nitrogens with two attached hydrogens (primary N) is 1. The minimum atomic E-state index is -0.392. The highest BCUT2D eigenvalue weighted by molar-refractivity contribution is 5.86. The zero-order valence-corrected chi connectivity index (χ0v) is 10.1. The maximum atomic E-state index is 11.9. The summed E-state index contributed by atoms with van der Waals surface area (Å²) in [5.74, 6) is 0.0316. The largest absolute Gasteiger partial charge is 0.445 e. The highest BCUT2D eigenvalue weighted by Gasteiger charge is 2.31. The molecule has 1 heterocycles. The molecule has 5 heteroatoms. The van der Waals surface area contributed by atoms with Gasteiger partial charge in [0.2, 0.25) is 0 Å². The molecule has 0 spiro atoms. The van der Waals surface area contributed by atoms with Crippen LogP contribution in [0.5, 0.6) is 0 Å². The Labute approximate surface area is 106 Å². The van der Waals surface area contributed by atoms with Crippen molar-refractivity contribution in [3.63, 3.8) is 0 Å². The van der Waals surface area contributed by atoms with Gasteiger partial charge in [-0.25, -0.2) is 4.79 Å². The molecule has 96 valence electrons. The summed E-state index contributed by atoms with van der Waals surface area (Å²) in [6, 6.07) is 9.22. The van der Waals surface area contributed by atoms with Crippen molar-refractivity contribution in [2.45, 2.75) is 25.5 Å². The molecule has 0 aromatic heterocycles. The molecule has 1 aromatic carbocycles. The summed E-state index contributed by atoms with van der Waals surface area (Å²) in [7, 11) is 0. The number of amides is 1. The lowest BCUT2D eigenvalue weighted by Crippen LogP contribution is -2.43. The molecule has 0 radical (unpaired) electrons. The smallest absolute Gasteiger partial charge is 0.410 e. The number of hydrogen-bond donors (Lipinski definition) is 2. The average molecular weight is 247 g/mol. The Morgan fingerprint density at radius 2 is 2.17 bits per heavy atom. The summed E-state index contributed by atoms with van der Waals surface area (Å²) < 4.78 is 5.23. The van der Waals surface area contributed by atoms with Gasteiger partial charge in [0.05, 0.1) is 6.04 Å². The van der Waals surface area contributed by atoms with E-state index in [4.69, 9.17) is 15.9 Å². The second-order valence-electron chi connectivity index (χ2n) is 4.35. The van der Waals surface area contributed by atoms with Crippen LogP contribution < -0.4 is 5.73 Å². The normalized spacial score (nSPS) is 18.7. The maximum Gasteiger partial charge on any atom is 0.410 e. The van der Waals surface area contributed by atoms with E-state index < -0.39 is 6.09 Å². The van der Waals surface area contributed by atoms with Crippen LogP contribution >= 0.6 is 0 Å². The fourth-order valence-electron chi connectivity index (χ4n) is 2.11. The number of likely N-dealkylation sites (tertiary alicyclic amines) is 1. The number of rotatable bonds is 3. The van der Waals surface area contributed by atoms with Crippen molar-refractivity contribution in [3.05, 3.63) is 35.9 Å². The fourth-order valence-corrected chi connectivity index (χ4v) is 2.11. The lowest BCUT2D eigenvalue weighted by Gasteiger charge is -2.22. The van der Waals surface area contributed by atoms with E-state index in [1.54, 1.807) is 0 Å². The van der Waals surface area contributed by atoms with Gasteiger partial charge in [0.15, 0.2) is 0 Å². The predicted octanol–water partition coefficient (Wildman–Crippen LogP) is 1.72. The number of hydrogen-bond acceptors (Lipinski definition) is 3. The van der Waals surface area contributed by atoms with Crippen LogP contribution in [0, 0.1) is 5.41 Å². The van der Waals surface area contributed by atoms with Crippen LogP contribution in [0.1, 0.15) is 18.4 Å². The molecule has 2 rings (SSSR count). The van der Waals surface area contributed by atoms with Crippen LogP contribution in [0.15, 0.2) is 30.3 Å². The standard InChI is InChI=1S/C13H17N3O2/c14-12(15)11-7-4-8-16(11)13(17)18-9-10-5-2-1-3-6-10/h1-3,5-6,11H,4,7-9H2,(H3,14,15). The Hall–Kier alpha value is -2.04. The highest BCUT2D eigenvalue weighted by Crippen LogP contribution is 2.18. The molecule has 0 bridgehead atoms. The first-order chi connectivity index (χ1) is 8.68. The third kappa shape index (κ3) is 2.80. The SMILES string of the molecule is N=C(N)C1CCCN1C(=O)OCc1ccccc1. The van der Waals surface area contributed by atoms with Crippen LogP contribution in [0.3, 0.4) is 0 Å². The quantitative estimate of drug-likeness (QED) is 0.630. The zero-order valence-electron chi connectivity index (χ0n) is 10.1. The Morgan fingerprint density at radius 3 is 2.83 bits per heavy atom. The number of amidine groups is 1. The monoisotopic (exact) mass is 247 g/mol. The van der Waals surface area contributed by atoms with Gasteiger partial charge in [-0.05, 0) is 18.4 Å². The lowest BCUT2D eigenvalue weighted by atomic mass is 10.2.